The number of carbonyl (C=O) groups excluding carboxylic acids is 2. The van der Waals surface area contributed by atoms with Gasteiger partial charge in [0, 0.05) is 0 Å². The highest BCUT2D eigenvalue weighted by Gasteiger charge is 2.29. The van der Waals surface area contributed by atoms with Gasteiger partial charge in [0.2, 0.25) is 5.91 Å². The van der Waals surface area contributed by atoms with Crippen LogP contribution in [-0.4, -0.2) is 23.5 Å². The molecule has 140 valence electrons. The SMILES string of the molecule is CCCC(C)(N)C(=O)NC(C)c1ccc2c(c1)OC(CC)C(=O)N2.Cl. The molecule has 0 saturated carbocycles. The van der Waals surface area contributed by atoms with E-state index < -0.39 is 11.6 Å². The molecule has 1 aromatic rings. The zero-order valence-corrected chi connectivity index (χ0v) is 16.0. The Morgan fingerprint density at radius 1 is 1.44 bits per heavy atom. The van der Waals surface area contributed by atoms with Crippen LogP contribution in [0.15, 0.2) is 18.2 Å². The molecule has 6 nitrogen and oxygen atoms in total. The first-order valence-corrected chi connectivity index (χ1v) is 8.49. The fraction of sp³-hybridized carbons (Fsp3) is 0.556. The Labute approximate surface area is 155 Å². The van der Waals surface area contributed by atoms with Crippen LogP contribution in [-0.2, 0) is 9.59 Å². The third-order valence-electron chi connectivity index (χ3n) is 4.33. The Morgan fingerprint density at radius 2 is 2.12 bits per heavy atom. The zero-order valence-electron chi connectivity index (χ0n) is 15.2. The smallest absolute Gasteiger partial charge is 0.265 e. The molecule has 0 radical (unpaired) electrons. The average Bonchev–Trinajstić information content (AvgIpc) is 2.53. The van der Waals surface area contributed by atoms with Crippen molar-refractivity contribution in [3.05, 3.63) is 23.8 Å². The van der Waals surface area contributed by atoms with E-state index in [1.165, 1.54) is 0 Å². The van der Waals surface area contributed by atoms with Crippen LogP contribution in [0.3, 0.4) is 0 Å². The van der Waals surface area contributed by atoms with Crippen molar-refractivity contribution < 1.29 is 14.3 Å². The third kappa shape index (κ3) is 4.86. The van der Waals surface area contributed by atoms with Crippen LogP contribution in [0.25, 0.3) is 0 Å². The predicted molar refractivity (Wildman–Crippen MR) is 101 cm³/mol. The molecule has 4 N–H and O–H groups in total. The normalized spacial score (nSPS) is 19.4. The van der Waals surface area contributed by atoms with Gasteiger partial charge in [0.05, 0.1) is 17.3 Å². The van der Waals surface area contributed by atoms with Crippen molar-refractivity contribution in [1.29, 1.82) is 0 Å². The van der Waals surface area contributed by atoms with E-state index in [1.54, 1.807) is 13.0 Å². The molecule has 0 aromatic heterocycles. The van der Waals surface area contributed by atoms with E-state index in [-0.39, 0.29) is 30.3 Å². The second-order valence-corrected chi connectivity index (χ2v) is 6.62. The summed E-state index contributed by atoms with van der Waals surface area (Å²) in [4.78, 5) is 24.2. The van der Waals surface area contributed by atoms with Gasteiger partial charge >= 0.3 is 0 Å². The molecule has 0 spiro atoms. The van der Waals surface area contributed by atoms with E-state index in [1.807, 2.05) is 32.9 Å². The first kappa shape index (κ1) is 21.3. The van der Waals surface area contributed by atoms with Crippen molar-refractivity contribution in [2.75, 3.05) is 5.32 Å². The van der Waals surface area contributed by atoms with Crippen molar-refractivity contribution in [2.45, 2.75) is 64.6 Å². The van der Waals surface area contributed by atoms with Crippen molar-refractivity contribution in [3.63, 3.8) is 0 Å². The van der Waals surface area contributed by atoms with E-state index in [4.69, 9.17) is 10.5 Å². The zero-order chi connectivity index (χ0) is 17.9. The van der Waals surface area contributed by atoms with Gasteiger partial charge in [-0.1, -0.05) is 26.3 Å². The number of amides is 2. The topological polar surface area (TPSA) is 93.5 Å². The van der Waals surface area contributed by atoms with E-state index in [0.717, 1.165) is 12.0 Å². The first-order valence-electron chi connectivity index (χ1n) is 8.49. The summed E-state index contributed by atoms with van der Waals surface area (Å²) in [6.07, 6.45) is 1.60. The van der Waals surface area contributed by atoms with Gasteiger partial charge in [-0.2, -0.15) is 0 Å². The molecule has 2 amide bonds. The molecular weight excluding hydrogens is 342 g/mol. The maximum atomic E-state index is 12.3. The molecule has 1 heterocycles. The second-order valence-electron chi connectivity index (χ2n) is 6.62. The lowest BCUT2D eigenvalue weighted by molar-refractivity contribution is -0.126. The van der Waals surface area contributed by atoms with E-state index in [2.05, 4.69) is 10.6 Å². The standard InChI is InChI=1S/C18H27N3O3.ClH/c1-5-9-18(4,19)17(23)20-11(3)12-7-8-13-15(10-12)24-14(6-2)16(22)21-13;/h7-8,10-11,14H,5-6,9,19H2,1-4H3,(H,20,23)(H,21,22);1H. The molecule has 7 heteroatoms. The summed E-state index contributed by atoms with van der Waals surface area (Å²) < 4.78 is 5.75. The van der Waals surface area contributed by atoms with Gasteiger partial charge in [-0.05, 0) is 44.4 Å². The number of carbonyl (C=O) groups is 2. The highest BCUT2D eigenvalue weighted by Crippen LogP contribution is 2.33. The lowest BCUT2D eigenvalue weighted by Crippen LogP contribution is -2.52. The minimum absolute atomic E-state index is 0. The van der Waals surface area contributed by atoms with Crippen molar-refractivity contribution in [2.24, 2.45) is 5.73 Å². The Balaban J connectivity index is 0.00000312. The van der Waals surface area contributed by atoms with E-state index >= 15 is 0 Å². The number of benzene rings is 1. The van der Waals surface area contributed by atoms with Crippen LogP contribution in [0.2, 0.25) is 0 Å². The van der Waals surface area contributed by atoms with Gasteiger partial charge in [0.25, 0.3) is 5.91 Å². The van der Waals surface area contributed by atoms with Gasteiger partial charge in [-0.15, -0.1) is 12.4 Å². The summed E-state index contributed by atoms with van der Waals surface area (Å²) in [6, 6.07) is 5.32. The van der Waals surface area contributed by atoms with E-state index in [9.17, 15) is 9.59 Å². The lowest BCUT2D eigenvalue weighted by Gasteiger charge is -2.28. The number of nitrogens with one attached hydrogen (secondary N) is 2. The number of rotatable bonds is 6. The maximum Gasteiger partial charge on any atom is 0.265 e. The minimum Gasteiger partial charge on any atom is -0.478 e. The summed E-state index contributed by atoms with van der Waals surface area (Å²) in [5.41, 5.74) is 6.75. The molecule has 3 unspecified atom stereocenters. The summed E-state index contributed by atoms with van der Waals surface area (Å²) in [5.74, 6) is 0.330. The van der Waals surface area contributed by atoms with Crippen LogP contribution in [0, 0.1) is 0 Å². The number of fused-ring (bicyclic) bond motifs is 1. The molecule has 2 rings (SSSR count). The Hall–Kier alpha value is -1.79. The van der Waals surface area contributed by atoms with E-state index in [0.29, 0.717) is 24.3 Å². The molecule has 0 aliphatic carbocycles. The maximum absolute atomic E-state index is 12.3. The number of anilines is 1. The molecule has 0 bridgehead atoms. The molecule has 0 fully saturated rings. The van der Waals surface area contributed by atoms with Crippen LogP contribution >= 0.6 is 12.4 Å². The molecule has 1 aromatic carbocycles. The predicted octanol–water partition coefficient (Wildman–Crippen LogP) is 2.91. The van der Waals surface area contributed by atoms with Gasteiger partial charge in [-0.3, -0.25) is 9.59 Å². The van der Waals surface area contributed by atoms with Crippen molar-refractivity contribution >= 4 is 29.9 Å². The third-order valence-corrected chi connectivity index (χ3v) is 4.33. The highest BCUT2D eigenvalue weighted by atomic mass is 35.5. The number of ether oxygens (including phenoxy) is 1. The second kappa shape index (κ2) is 8.54. The van der Waals surface area contributed by atoms with Crippen LogP contribution in [0.1, 0.15) is 58.6 Å². The number of nitrogens with two attached hydrogens (primary N) is 1. The van der Waals surface area contributed by atoms with Gasteiger partial charge < -0.3 is 21.1 Å². The molecule has 25 heavy (non-hydrogen) atoms. The molecule has 0 saturated heterocycles. The van der Waals surface area contributed by atoms with Crippen molar-refractivity contribution in [1.82, 2.24) is 5.32 Å². The quantitative estimate of drug-likeness (QED) is 0.718. The highest BCUT2D eigenvalue weighted by molar-refractivity contribution is 5.97. The Kier molecular flexibility index (Phi) is 7.26. The number of hydrogen-bond acceptors (Lipinski definition) is 4. The van der Waals surface area contributed by atoms with Crippen LogP contribution in [0.4, 0.5) is 5.69 Å². The van der Waals surface area contributed by atoms with Crippen LogP contribution < -0.4 is 21.1 Å². The van der Waals surface area contributed by atoms with Crippen LogP contribution in [0.5, 0.6) is 5.75 Å². The molecular formula is C18H28ClN3O3. The number of halogens is 1. The molecule has 3 atom stereocenters. The first-order chi connectivity index (χ1) is 11.3. The van der Waals surface area contributed by atoms with Gasteiger partial charge in [0.1, 0.15) is 5.75 Å². The minimum atomic E-state index is -0.880. The number of hydrogen-bond donors (Lipinski definition) is 3. The lowest BCUT2D eigenvalue weighted by atomic mass is 9.95. The fourth-order valence-electron chi connectivity index (χ4n) is 2.78. The summed E-state index contributed by atoms with van der Waals surface area (Å²) in [7, 11) is 0. The Bertz CT molecular complexity index is 634. The molecule has 1 aliphatic rings. The summed E-state index contributed by atoms with van der Waals surface area (Å²) >= 11 is 0. The summed E-state index contributed by atoms with van der Waals surface area (Å²) in [5, 5.41) is 5.79. The molecule has 1 aliphatic heterocycles. The van der Waals surface area contributed by atoms with Gasteiger partial charge in [-0.25, -0.2) is 0 Å². The Morgan fingerprint density at radius 3 is 2.72 bits per heavy atom. The van der Waals surface area contributed by atoms with Gasteiger partial charge in [0.15, 0.2) is 6.10 Å². The monoisotopic (exact) mass is 369 g/mol. The average molecular weight is 370 g/mol. The van der Waals surface area contributed by atoms with Crippen molar-refractivity contribution in [3.8, 4) is 5.75 Å². The largest absolute Gasteiger partial charge is 0.478 e. The summed E-state index contributed by atoms with van der Waals surface area (Å²) in [6.45, 7) is 7.55. The fourth-order valence-corrected chi connectivity index (χ4v) is 2.78.